The first-order valence-corrected chi connectivity index (χ1v) is 8.04. The number of fused-ring (bicyclic) bond motifs is 1. The van der Waals surface area contributed by atoms with E-state index in [0.29, 0.717) is 28.1 Å². The van der Waals surface area contributed by atoms with Gasteiger partial charge in [-0.25, -0.2) is 14.4 Å². The van der Waals surface area contributed by atoms with E-state index < -0.39 is 23.6 Å². The largest absolute Gasteiger partial charge is 0.416 e. The van der Waals surface area contributed by atoms with Gasteiger partial charge in [0.05, 0.1) is 17.1 Å². The quantitative estimate of drug-likeness (QED) is 0.618. The highest BCUT2D eigenvalue weighted by Gasteiger charge is 2.33. The smallest absolute Gasteiger partial charge is 0.363 e. The Hall–Kier alpha value is -2.70. The van der Waals surface area contributed by atoms with Crippen LogP contribution < -0.4 is 5.32 Å². The van der Waals surface area contributed by atoms with E-state index in [9.17, 15) is 17.6 Å². The second-order valence-electron chi connectivity index (χ2n) is 6.16. The predicted octanol–water partition coefficient (Wildman–Crippen LogP) is 5.58. The number of alkyl halides is 3. The zero-order valence-corrected chi connectivity index (χ0v) is 14.4. The van der Waals surface area contributed by atoms with Crippen molar-refractivity contribution in [3.63, 3.8) is 0 Å². The molecule has 1 heterocycles. The van der Waals surface area contributed by atoms with E-state index in [1.54, 1.807) is 26.0 Å². The Morgan fingerprint density at radius 2 is 1.77 bits per heavy atom. The van der Waals surface area contributed by atoms with Gasteiger partial charge in [-0.15, -0.1) is 0 Å². The summed E-state index contributed by atoms with van der Waals surface area (Å²) in [5, 5.41) is 3.75. The van der Waals surface area contributed by atoms with Crippen molar-refractivity contribution in [3.8, 4) is 0 Å². The van der Waals surface area contributed by atoms with E-state index in [-0.39, 0.29) is 5.56 Å². The molecule has 3 aromatic rings. The fourth-order valence-corrected chi connectivity index (χ4v) is 3.04. The van der Waals surface area contributed by atoms with Crippen LogP contribution in [0.3, 0.4) is 0 Å². The van der Waals surface area contributed by atoms with E-state index in [0.717, 1.165) is 6.07 Å². The van der Waals surface area contributed by atoms with Gasteiger partial charge in [-0.1, -0.05) is 12.1 Å². The van der Waals surface area contributed by atoms with Gasteiger partial charge in [-0.05, 0) is 50.1 Å². The first kappa shape index (κ1) is 18.1. The molecule has 0 saturated heterocycles. The van der Waals surface area contributed by atoms with Crippen molar-refractivity contribution in [2.75, 3.05) is 5.32 Å². The molecule has 2 aromatic carbocycles. The molecule has 1 aromatic heterocycles. The van der Waals surface area contributed by atoms with Crippen LogP contribution in [0.1, 0.15) is 35.5 Å². The Kier molecular flexibility index (Phi) is 4.56. The van der Waals surface area contributed by atoms with Crippen LogP contribution in [0.4, 0.5) is 23.4 Å². The maximum absolute atomic E-state index is 13.4. The third-order valence-corrected chi connectivity index (χ3v) is 4.27. The molecule has 136 valence electrons. The van der Waals surface area contributed by atoms with Crippen LogP contribution in [0, 0.1) is 19.7 Å². The zero-order valence-electron chi connectivity index (χ0n) is 14.4. The van der Waals surface area contributed by atoms with Gasteiger partial charge in [0.25, 0.3) is 0 Å². The van der Waals surface area contributed by atoms with Crippen LogP contribution in [-0.4, -0.2) is 9.97 Å². The van der Waals surface area contributed by atoms with Gasteiger partial charge >= 0.3 is 6.18 Å². The van der Waals surface area contributed by atoms with Crippen molar-refractivity contribution in [2.24, 2.45) is 0 Å². The highest BCUT2D eigenvalue weighted by Crippen LogP contribution is 2.35. The number of hydrogen-bond acceptors (Lipinski definition) is 3. The molecule has 0 aliphatic heterocycles. The van der Waals surface area contributed by atoms with Gasteiger partial charge in [-0.2, -0.15) is 13.2 Å². The van der Waals surface area contributed by atoms with E-state index >= 15 is 0 Å². The molecule has 3 rings (SSSR count). The fraction of sp³-hybridized carbons (Fsp3) is 0.263. The van der Waals surface area contributed by atoms with E-state index in [2.05, 4.69) is 15.3 Å². The Morgan fingerprint density at radius 3 is 2.46 bits per heavy atom. The van der Waals surface area contributed by atoms with Crippen molar-refractivity contribution in [2.45, 2.75) is 33.0 Å². The molecular formula is C19H17F4N3. The minimum atomic E-state index is -4.41. The summed E-state index contributed by atoms with van der Waals surface area (Å²) in [4.78, 5) is 8.53. The number of nitrogens with zero attached hydrogens (tertiary/aromatic N) is 2. The van der Waals surface area contributed by atoms with Crippen LogP contribution in [0.5, 0.6) is 0 Å². The standard InChI is InChI=1S/C19H17F4N3/c1-10-14(5-4-6-16(10)19(21,22)23)11(2)24-18-15-8-7-13(20)9-17(15)25-12(3)26-18/h4-9,11H,1-3H3,(H,24,25,26)/t11-/m1/s1. The summed E-state index contributed by atoms with van der Waals surface area (Å²) in [5.74, 6) is 0.485. The third-order valence-electron chi connectivity index (χ3n) is 4.27. The van der Waals surface area contributed by atoms with Crippen molar-refractivity contribution in [3.05, 3.63) is 64.7 Å². The van der Waals surface area contributed by atoms with E-state index in [1.807, 2.05) is 0 Å². The summed E-state index contributed by atoms with van der Waals surface area (Å²) in [5.41, 5.74) is 0.467. The molecule has 0 aliphatic carbocycles. The van der Waals surface area contributed by atoms with Crippen LogP contribution >= 0.6 is 0 Å². The molecule has 0 radical (unpaired) electrons. The molecule has 0 fully saturated rings. The number of hydrogen-bond donors (Lipinski definition) is 1. The lowest BCUT2D eigenvalue weighted by Crippen LogP contribution is -2.14. The molecular weight excluding hydrogens is 346 g/mol. The molecule has 0 bridgehead atoms. The van der Waals surface area contributed by atoms with Crippen molar-refractivity contribution < 1.29 is 17.6 Å². The topological polar surface area (TPSA) is 37.8 Å². The van der Waals surface area contributed by atoms with E-state index in [4.69, 9.17) is 0 Å². The van der Waals surface area contributed by atoms with Crippen LogP contribution in [0.2, 0.25) is 0 Å². The lowest BCUT2D eigenvalue weighted by atomic mass is 9.97. The summed E-state index contributed by atoms with van der Waals surface area (Å²) in [7, 11) is 0. The summed E-state index contributed by atoms with van der Waals surface area (Å²) < 4.78 is 52.9. The molecule has 0 amide bonds. The fourth-order valence-electron chi connectivity index (χ4n) is 3.04. The molecule has 26 heavy (non-hydrogen) atoms. The van der Waals surface area contributed by atoms with Crippen LogP contribution in [0.25, 0.3) is 10.9 Å². The summed E-state index contributed by atoms with van der Waals surface area (Å²) in [6.45, 7) is 4.89. The second kappa shape index (κ2) is 6.55. The minimum absolute atomic E-state index is 0.168. The SMILES string of the molecule is Cc1nc(N[C@H](C)c2cccc(C(F)(F)F)c2C)c2ccc(F)cc2n1. The third kappa shape index (κ3) is 3.47. The maximum atomic E-state index is 13.4. The highest BCUT2D eigenvalue weighted by molar-refractivity contribution is 5.89. The molecule has 0 saturated carbocycles. The number of halogens is 4. The summed E-state index contributed by atoms with van der Waals surface area (Å²) in [6.07, 6.45) is -4.41. The normalized spacial score (nSPS) is 13.0. The van der Waals surface area contributed by atoms with Crippen molar-refractivity contribution in [1.82, 2.24) is 9.97 Å². The minimum Gasteiger partial charge on any atom is -0.363 e. The number of rotatable bonds is 3. The number of aryl methyl sites for hydroxylation is 1. The predicted molar refractivity (Wildman–Crippen MR) is 92.5 cm³/mol. The Morgan fingerprint density at radius 1 is 1.04 bits per heavy atom. The first-order valence-electron chi connectivity index (χ1n) is 8.04. The average molecular weight is 363 g/mol. The first-order chi connectivity index (χ1) is 12.2. The summed E-state index contributed by atoms with van der Waals surface area (Å²) >= 11 is 0. The maximum Gasteiger partial charge on any atom is 0.416 e. The monoisotopic (exact) mass is 363 g/mol. The van der Waals surface area contributed by atoms with Gasteiger partial charge in [0.2, 0.25) is 0 Å². The number of anilines is 1. The number of benzene rings is 2. The lowest BCUT2D eigenvalue weighted by molar-refractivity contribution is -0.138. The zero-order chi connectivity index (χ0) is 19.1. The van der Waals surface area contributed by atoms with Gasteiger partial charge in [-0.3, -0.25) is 0 Å². The molecule has 1 N–H and O–H groups in total. The molecule has 1 atom stereocenters. The van der Waals surface area contributed by atoms with Crippen LogP contribution in [-0.2, 0) is 6.18 Å². The average Bonchev–Trinajstić information content (AvgIpc) is 2.53. The molecule has 7 heteroatoms. The summed E-state index contributed by atoms with van der Waals surface area (Å²) in [6, 6.07) is 7.83. The van der Waals surface area contributed by atoms with Crippen molar-refractivity contribution >= 4 is 16.7 Å². The molecule has 3 nitrogen and oxygen atoms in total. The van der Waals surface area contributed by atoms with Crippen molar-refractivity contribution in [1.29, 1.82) is 0 Å². The second-order valence-corrected chi connectivity index (χ2v) is 6.16. The number of nitrogens with one attached hydrogen (secondary N) is 1. The molecule has 0 spiro atoms. The van der Waals surface area contributed by atoms with Gasteiger partial charge < -0.3 is 5.32 Å². The Balaban J connectivity index is 2.02. The number of aromatic nitrogens is 2. The van der Waals surface area contributed by atoms with Gasteiger partial charge in [0.1, 0.15) is 17.5 Å². The van der Waals surface area contributed by atoms with E-state index in [1.165, 1.54) is 25.1 Å². The molecule has 0 aliphatic rings. The van der Waals surface area contributed by atoms with Gasteiger partial charge in [0.15, 0.2) is 0 Å². The van der Waals surface area contributed by atoms with Gasteiger partial charge in [0, 0.05) is 11.5 Å². The lowest BCUT2D eigenvalue weighted by Gasteiger charge is -2.21. The molecule has 0 unspecified atom stereocenters. The Labute approximate surface area is 148 Å². The Bertz CT molecular complexity index is 962. The van der Waals surface area contributed by atoms with Crippen LogP contribution in [0.15, 0.2) is 36.4 Å². The highest BCUT2D eigenvalue weighted by atomic mass is 19.4.